The van der Waals surface area contributed by atoms with E-state index in [9.17, 15) is 4.79 Å². The molecule has 0 aliphatic rings. The van der Waals surface area contributed by atoms with Gasteiger partial charge in [-0.25, -0.2) is 0 Å². The highest BCUT2D eigenvalue weighted by Crippen LogP contribution is 2.07. The van der Waals surface area contributed by atoms with Crippen molar-refractivity contribution in [1.82, 2.24) is 0 Å². The fourth-order valence-corrected chi connectivity index (χ4v) is 0.662. The number of nitrogens with two attached hydrogens (primary N) is 1. The van der Waals surface area contributed by atoms with Crippen LogP contribution in [0, 0.1) is 0 Å². The molecule has 1 rings (SSSR count). The third-order valence-electron chi connectivity index (χ3n) is 1.14. The van der Waals surface area contributed by atoms with E-state index >= 15 is 0 Å². The molecule has 2 N–H and O–H groups in total. The fourth-order valence-electron chi connectivity index (χ4n) is 0.662. The van der Waals surface area contributed by atoms with E-state index < -0.39 is 5.97 Å². The summed E-state index contributed by atoms with van der Waals surface area (Å²) in [5.74, 6) is 0.110. The zero-order valence-corrected chi connectivity index (χ0v) is 8.11. The Bertz CT molecular complexity index is 238. The van der Waals surface area contributed by atoms with Crippen molar-refractivity contribution in [2.24, 2.45) is 5.73 Å². The van der Waals surface area contributed by atoms with Gasteiger partial charge in [0.1, 0.15) is 5.75 Å². The van der Waals surface area contributed by atoms with Crippen LogP contribution in [0.15, 0.2) is 30.3 Å². The number of rotatable bonds is 2. The van der Waals surface area contributed by atoms with E-state index in [4.69, 9.17) is 10.5 Å². The van der Waals surface area contributed by atoms with Crippen molar-refractivity contribution >= 4 is 23.0 Å². The van der Waals surface area contributed by atoms with Crippen LogP contribution in [-0.2, 0) is 4.79 Å². The van der Waals surface area contributed by atoms with Gasteiger partial charge in [0.25, 0.3) is 0 Å². The first-order chi connectivity index (χ1) is 5.33. The summed E-state index contributed by atoms with van der Waals surface area (Å²) in [6.45, 7) is -0.0884. The number of para-hydroxylation sites is 1. The van der Waals surface area contributed by atoms with Crippen LogP contribution in [-0.4, -0.2) is 12.5 Å². The lowest BCUT2D eigenvalue weighted by Gasteiger charge is -1.99. The van der Waals surface area contributed by atoms with Gasteiger partial charge in [0, 0.05) is 0 Å². The molecule has 0 aliphatic heterocycles. The smallest absolute Gasteiger partial charge is 0.325 e. The molecule has 0 spiro atoms. The van der Waals surface area contributed by atoms with Gasteiger partial charge in [0.15, 0.2) is 0 Å². The molecule has 66 valence electrons. The SMILES string of the molecule is Br.NCC(=O)Oc1ccccc1. The minimum absolute atomic E-state index is 0. The summed E-state index contributed by atoms with van der Waals surface area (Å²) < 4.78 is 4.80. The van der Waals surface area contributed by atoms with E-state index in [2.05, 4.69) is 0 Å². The first-order valence-electron chi connectivity index (χ1n) is 3.28. The van der Waals surface area contributed by atoms with Crippen molar-refractivity contribution < 1.29 is 9.53 Å². The molecule has 1 aromatic rings. The summed E-state index contributed by atoms with van der Waals surface area (Å²) in [7, 11) is 0. The van der Waals surface area contributed by atoms with Gasteiger partial charge in [-0.3, -0.25) is 4.79 Å². The molecule has 0 aromatic heterocycles. The Hall–Kier alpha value is -0.870. The third-order valence-corrected chi connectivity index (χ3v) is 1.14. The van der Waals surface area contributed by atoms with Gasteiger partial charge < -0.3 is 10.5 Å². The summed E-state index contributed by atoms with van der Waals surface area (Å²) in [6.07, 6.45) is 0. The number of carbonyl (C=O) groups excluding carboxylic acids is 1. The molecular formula is C8H10BrNO2. The minimum Gasteiger partial charge on any atom is -0.426 e. The van der Waals surface area contributed by atoms with E-state index in [1.165, 1.54) is 0 Å². The lowest BCUT2D eigenvalue weighted by atomic mass is 10.3. The second-order valence-electron chi connectivity index (χ2n) is 1.99. The number of ether oxygens (including phenoxy) is 1. The lowest BCUT2D eigenvalue weighted by molar-refractivity contribution is -0.132. The maximum atomic E-state index is 10.6. The zero-order chi connectivity index (χ0) is 8.10. The maximum Gasteiger partial charge on any atom is 0.325 e. The summed E-state index contributed by atoms with van der Waals surface area (Å²) >= 11 is 0. The minimum atomic E-state index is -0.420. The van der Waals surface area contributed by atoms with E-state index in [1.54, 1.807) is 24.3 Å². The van der Waals surface area contributed by atoms with Gasteiger partial charge in [-0.1, -0.05) is 18.2 Å². The standard InChI is InChI=1S/C8H9NO2.BrH/c9-6-8(10)11-7-4-2-1-3-5-7;/h1-5H,6,9H2;1H. The van der Waals surface area contributed by atoms with Crippen LogP contribution in [0.2, 0.25) is 0 Å². The van der Waals surface area contributed by atoms with Crippen LogP contribution in [0.25, 0.3) is 0 Å². The van der Waals surface area contributed by atoms with Gasteiger partial charge in [0.2, 0.25) is 0 Å². The van der Waals surface area contributed by atoms with Crippen molar-refractivity contribution in [2.75, 3.05) is 6.54 Å². The normalized spacial score (nSPS) is 8.42. The molecule has 0 aliphatic carbocycles. The molecule has 0 fully saturated rings. The molecule has 12 heavy (non-hydrogen) atoms. The molecule has 0 heterocycles. The third kappa shape index (κ3) is 3.50. The Morgan fingerprint density at radius 1 is 1.33 bits per heavy atom. The monoisotopic (exact) mass is 231 g/mol. The second kappa shape index (κ2) is 5.74. The number of esters is 1. The summed E-state index contributed by atoms with van der Waals surface area (Å²) in [5.41, 5.74) is 5.05. The maximum absolute atomic E-state index is 10.6. The molecule has 0 unspecified atom stereocenters. The topological polar surface area (TPSA) is 52.3 Å². The molecule has 0 atom stereocenters. The first kappa shape index (κ1) is 11.1. The number of benzene rings is 1. The van der Waals surface area contributed by atoms with Gasteiger partial charge in [-0.2, -0.15) is 0 Å². The van der Waals surface area contributed by atoms with Crippen molar-refractivity contribution in [3.8, 4) is 5.75 Å². The Labute approximate surface area is 81.3 Å². The van der Waals surface area contributed by atoms with Gasteiger partial charge in [-0.15, -0.1) is 17.0 Å². The van der Waals surface area contributed by atoms with Crippen molar-refractivity contribution in [3.63, 3.8) is 0 Å². The van der Waals surface area contributed by atoms with Crippen LogP contribution in [0.1, 0.15) is 0 Å². The van der Waals surface area contributed by atoms with Gasteiger partial charge in [0.05, 0.1) is 6.54 Å². The molecule has 1 aromatic carbocycles. The zero-order valence-electron chi connectivity index (χ0n) is 6.40. The molecule has 4 heteroatoms. The molecular weight excluding hydrogens is 222 g/mol. The molecule has 0 amide bonds. The van der Waals surface area contributed by atoms with Crippen LogP contribution in [0.5, 0.6) is 5.75 Å². The summed E-state index contributed by atoms with van der Waals surface area (Å²) in [6, 6.07) is 8.83. The van der Waals surface area contributed by atoms with Gasteiger partial charge >= 0.3 is 5.97 Å². The highest BCUT2D eigenvalue weighted by Gasteiger charge is 1.98. The molecule has 0 saturated carbocycles. The average molecular weight is 232 g/mol. The van der Waals surface area contributed by atoms with Crippen LogP contribution in [0.4, 0.5) is 0 Å². The Morgan fingerprint density at radius 2 is 1.92 bits per heavy atom. The highest BCUT2D eigenvalue weighted by molar-refractivity contribution is 8.93. The van der Waals surface area contributed by atoms with Crippen LogP contribution < -0.4 is 10.5 Å². The molecule has 0 saturated heterocycles. The van der Waals surface area contributed by atoms with Crippen molar-refractivity contribution in [3.05, 3.63) is 30.3 Å². The predicted octanol–water partition coefficient (Wildman–Crippen LogP) is 1.13. The van der Waals surface area contributed by atoms with Crippen LogP contribution in [0.3, 0.4) is 0 Å². The number of carbonyl (C=O) groups is 1. The van der Waals surface area contributed by atoms with E-state index in [0.717, 1.165) is 0 Å². The molecule has 3 nitrogen and oxygen atoms in total. The molecule has 0 radical (unpaired) electrons. The Kier molecular flexibility index (Phi) is 5.32. The lowest BCUT2D eigenvalue weighted by Crippen LogP contribution is -2.19. The van der Waals surface area contributed by atoms with E-state index in [1.807, 2.05) is 6.07 Å². The summed E-state index contributed by atoms with van der Waals surface area (Å²) in [4.78, 5) is 10.6. The first-order valence-corrected chi connectivity index (χ1v) is 3.28. The second-order valence-corrected chi connectivity index (χ2v) is 1.99. The number of hydrogen-bond acceptors (Lipinski definition) is 3. The van der Waals surface area contributed by atoms with E-state index in [0.29, 0.717) is 5.75 Å². The summed E-state index contributed by atoms with van der Waals surface area (Å²) in [5, 5.41) is 0. The quantitative estimate of drug-likeness (QED) is 0.614. The van der Waals surface area contributed by atoms with Crippen molar-refractivity contribution in [1.29, 1.82) is 0 Å². The highest BCUT2D eigenvalue weighted by atomic mass is 79.9. The number of hydrogen-bond donors (Lipinski definition) is 1. The van der Waals surface area contributed by atoms with E-state index in [-0.39, 0.29) is 23.5 Å². The largest absolute Gasteiger partial charge is 0.426 e. The van der Waals surface area contributed by atoms with Crippen LogP contribution >= 0.6 is 17.0 Å². The number of halogens is 1. The van der Waals surface area contributed by atoms with Gasteiger partial charge in [-0.05, 0) is 12.1 Å². The Balaban J connectivity index is 0.00000121. The van der Waals surface area contributed by atoms with Crippen molar-refractivity contribution in [2.45, 2.75) is 0 Å². The Morgan fingerprint density at radius 3 is 2.42 bits per heavy atom. The molecule has 0 bridgehead atoms. The predicted molar refractivity (Wildman–Crippen MR) is 51.5 cm³/mol. The average Bonchev–Trinajstić information content (AvgIpc) is 2.06. The fraction of sp³-hybridized carbons (Fsp3) is 0.125.